The average molecular weight is 453 g/mol. The van der Waals surface area contributed by atoms with Gasteiger partial charge in [-0.3, -0.25) is 4.79 Å². The number of carbonyl (C=O) groups is 1. The molecule has 10 heteroatoms. The first kappa shape index (κ1) is 24.3. The Morgan fingerprint density at radius 1 is 0.871 bits per heavy atom. The molecule has 2 aromatic carbocycles. The molecular formula is C21H28N2O7S. The Labute approximate surface area is 182 Å². The summed E-state index contributed by atoms with van der Waals surface area (Å²) in [6, 6.07) is 7.27. The van der Waals surface area contributed by atoms with Crippen molar-refractivity contribution < 1.29 is 32.2 Å². The smallest absolute Gasteiger partial charge is 0.251 e. The molecule has 0 bridgehead atoms. The minimum atomic E-state index is -3.86. The zero-order valence-corrected chi connectivity index (χ0v) is 19.3. The fourth-order valence-electron chi connectivity index (χ4n) is 2.91. The van der Waals surface area contributed by atoms with Crippen LogP contribution in [0.25, 0.3) is 0 Å². The van der Waals surface area contributed by atoms with Gasteiger partial charge in [0.1, 0.15) is 16.4 Å². The van der Waals surface area contributed by atoms with Crippen molar-refractivity contribution >= 4 is 15.9 Å². The van der Waals surface area contributed by atoms with Gasteiger partial charge in [0.05, 0.1) is 28.4 Å². The highest BCUT2D eigenvalue weighted by Gasteiger charge is 2.22. The summed E-state index contributed by atoms with van der Waals surface area (Å²) in [5, 5.41) is 2.76. The molecule has 170 valence electrons. The molecule has 2 aromatic rings. The summed E-state index contributed by atoms with van der Waals surface area (Å²) in [5.41, 5.74) is 0.834. The van der Waals surface area contributed by atoms with Crippen LogP contribution in [0.5, 0.6) is 23.0 Å². The highest BCUT2D eigenvalue weighted by atomic mass is 32.2. The van der Waals surface area contributed by atoms with Crippen molar-refractivity contribution in [1.82, 2.24) is 10.0 Å². The van der Waals surface area contributed by atoms with E-state index in [1.807, 2.05) is 0 Å². The largest absolute Gasteiger partial charge is 0.496 e. The van der Waals surface area contributed by atoms with Crippen LogP contribution < -0.4 is 29.0 Å². The number of ether oxygens (including phenoxy) is 4. The van der Waals surface area contributed by atoms with Crippen molar-refractivity contribution in [2.45, 2.75) is 31.3 Å². The Morgan fingerprint density at radius 3 is 2.00 bits per heavy atom. The summed E-state index contributed by atoms with van der Waals surface area (Å²) < 4.78 is 48.8. The molecular weight excluding hydrogens is 424 g/mol. The first-order chi connectivity index (χ1) is 14.7. The standard InChI is InChI=1S/C21H28N2O7S/c1-13(2)23-31(25,26)20-10-14(7-8-16(20)27-3)21(24)22-12-15-9-18(29-5)19(30-6)11-17(15)28-4/h7-11,13,23H,12H2,1-6H3,(H,22,24). The van der Waals surface area contributed by atoms with E-state index in [4.69, 9.17) is 18.9 Å². The predicted octanol–water partition coefficient (Wildman–Crippen LogP) is 2.34. The van der Waals surface area contributed by atoms with E-state index in [2.05, 4.69) is 10.0 Å². The maximum atomic E-state index is 12.7. The van der Waals surface area contributed by atoms with Crippen molar-refractivity contribution in [3.05, 3.63) is 41.5 Å². The van der Waals surface area contributed by atoms with E-state index >= 15 is 0 Å². The van der Waals surface area contributed by atoms with Crippen molar-refractivity contribution in [3.8, 4) is 23.0 Å². The number of nitrogens with one attached hydrogen (secondary N) is 2. The molecule has 0 aliphatic heterocycles. The van der Waals surface area contributed by atoms with E-state index in [0.717, 1.165) is 0 Å². The zero-order valence-electron chi connectivity index (χ0n) is 18.4. The number of hydrogen-bond acceptors (Lipinski definition) is 7. The molecule has 0 radical (unpaired) electrons. The van der Waals surface area contributed by atoms with Gasteiger partial charge in [-0.1, -0.05) is 0 Å². The number of methoxy groups -OCH3 is 4. The quantitative estimate of drug-likeness (QED) is 0.569. The van der Waals surface area contributed by atoms with Gasteiger partial charge in [0.25, 0.3) is 5.91 Å². The van der Waals surface area contributed by atoms with Crippen LogP contribution in [0.1, 0.15) is 29.8 Å². The summed E-state index contributed by atoms with van der Waals surface area (Å²) in [6.07, 6.45) is 0. The Bertz CT molecular complexity index is 1040. The van der Waals surface area contributed by atoms with Gasteiger partial charge in [-0.25, -0.2) is 13.1 Å². The van der Waals surface area contributed by atoms with Crippen LogP contribution in [0.4, 0.5) is 0 Å². The van der Waals surface area contributed by atoms with Gasteiger partial charge in [-0.05, 0) is 38.1 Å². The predicted molar refractivity (Wildman–Crippen MR) is 116 cm³/mol. The number of rotatable bonds is 10. The summed E-state index contributed by atoms with van der Waals surface area (Å²) in [4.78, 5) is 12.6. The summed E-state index contributed by atoms with van der Waals surface area (Å²) >= 11 is 0. The topological polar surface area (TPSA) is 112 Å². The molecule has 0 unspecified atom stereocenters. The average Bonchev–Trinajstić information content (AvgIpc) is 2.75. The van der Waals surface area contributed by atoms with E-state index in [1.54, 1.807) is 26.0 Å². The van der Waals surface area contributed by atoms with E-state index in [9.17, 15) is 13.2 Å². The molecule has 0 atom stereocenters. The third kappa shape index (κ3) is 5.80. The molecule has 0 saturated carbocycles. The lowest BCUT2D eigenvalue weighted by atomic mass is 10.1. The highest BCUT2D eigenvalue weighted by Crippen LogP contribution is 2.34. The second-order valence-corrected chi connectivity index (χ2v) is 8.53. The SMILES string of the molecule is COc1cc(OC)c(OC)cc1CNC(=O)c1ccc(OC)c(S(=O)(=O)NC(C)C)c1. The minimum Gasteiger partial charge on any atom is -0.496 e. The van der Waals surface area contributed by atoms with Crippen molar-refractivity contribution in [2.24, 2.45) is 0 Å². The monoisotopic (exact) mass is 452 g/mol. The normalized spacial score (nSPS) is 11.2. The van der Waals surface area contributed by atoms with Gasteiger partial charge < -0.3 is 24.3 Å². The van der Waals surface area contributed by atoms with Gasteiger partial charge in [-0.2, -0.15) is 0 Å². The van der Waals surface area contributed by atoms with Crippen LogP contribution in [-0.2, 0) is 16.6 Å². The van der Waals surface area contributed by atoms with Crippen molar-refractivity contribution in [1.29, 1.82) is 0 Å². The van der Waals surface area contributed by atoms with Gasteiger partial charge in [0, 0.05) is 29.8 Å². The Hall–Kier alpha value is -2.98. The third-order valence-corrected chi connectivity index (χ3v) is 6.01. The lowest BCUT2D eigenvalue weighted by molar-refractivity contribution is 0.0950. The van der Waals surface area contributed by atoms with Gasteiger partial charge in [0.2, 0.25) is 10.0 Å². The van der Waals surface area contributed by atoms with Crippen LogP contribution in [0.15, 0.2) is 35.2 Å². The Morgan fingerprint density at radius 2 is 1.45 bits per heavy atom. The molecule has 2 N–H and O–H groups in total. The van der Waals surface area contributed by atoms with Crippen LogP contribution in [0, 0.1) is 0 Å². The molecule has 9 nitrogen and oxygen atoms in total. The molecule has 0 aliphatic rings. The van der Waals surface area contributed by atoms with Crippen LogP contribution in [0.3, 0.4) is 0 Å². The third-order valence-electron chi connectivity index (χ3n) is 4.33. The van der Waals surface area contributed by atoms with E-state index < -0.39 is 15.9 Å². The number of benzene rings is 2. The fraction of sp³-hybridized carbons (Fsp3) is 0.381. The molecule has 1 amide bonds. The molecule has 0 spiro atoms. The first-order valence-electron chi connectivity index (χ1n) is 9.44. The van der Waals surface area contributed by atoms with Crippen LogP contribution in [-0.4, -0.2) is 48.8 Å². The van der Waals surface area contributed by atoms with Gasteiger partial charge in [-0.15, -0.1) is 0 Å². The number of amides is 1. The lowest BCUT2D eigenvalue weighted by Gasteiger charge is -2.16. The highest BCUT2D eigenvalue weighted by molar-refractivity contribution is 7.89. The minimum absolute atomic E-state index is 0.111. The molecule has 31 heavy (non-hydrogen) atoms. The van der Waals surface area contributed by atoms with Crippen molar-refractivity contribution in [2.75, 3.05) is 28.4 Å². The first-order valence-corrected chi connectivity index (χ1v) is 10.9. The zero-order chi connectivity index (χ0) is 23.2. The van der Waals surface area contributed by atoms with Crippen LogP contribution in [0.2, 0.25) is 0 Å². The number of sulfonamides is 1. The summed E-state index contributed by atoms with van der Waals surface area (Å²) in [7, 11) is 2.05. The molecule has 0 aromatic heterocycles. The second-order valence-electron chi connectivity index (χ2n) is 6.84. The molecule has 0 heterocycles. The maximum Gasteiger partial charge on any atom is 0.251 e. The Kier molecular flexibility index (Phi) is 8.12. The lowest BCUT2D eigenvalue weighted by Crippen LogP contribution is -2.31. The summed E-state index contributed by atoms with van der Waals surface area (Å²) in [6.45, 7) is 3.54. The van der Waals surface area contributed by atoms with Crippen LogP contribution >= 0.6 is 0 Å². The molecule has 0 fully saturated rings. The van der Waals surface area contributed by atoms with E-state index in [-0.39, 0.29) is 28.8 Å². The molecule has 2 rings (SSSR count). The second kappa shape index (κ2) is 10.4. The van der Waals surface area contributed by atoms with Gasteiger partial charge in [0.15, 0.2) is 11.5 Å². The molecule has 0 saturated heterocycles. The van der Waals surface area contributed by atoms with Crippen molar-refractivity contribution in [3.63, 3.8) is 0 Å². The van der Waals surface area contributed by atoms with E-state index in [1.165, 1.54) is 46.6 Å². The fourth-order valence-corrected chi connectivity index (χ4v) is 4.36. The Balaban J connectivity index is 2.30. The number of hydrogen-bond donors (Lipinski definition) is 2. The maximum absolute atomic E-state index is 12.7. The summed E-state index contributed by atoms with van der Waals surface area (Å²) in [5.74, 6) is 1.19. The number of carbonyl (C=O) groups excluding carboxylic acids is 1. The van der Waals surface area contributed by atoms with Gasteiger partial charge >= 0.3 is 0 Å². The molecule has 0 aliphatic carbocycles. The van der Waals surface area contributed by atoms with E-state index in [0.29, 0.717) is 22.8 Å².